The number of amides is 1. The molecule has 1 amide bonds. The van der Waals surface area contributed by atoms with Crippen LogP contribution in [0.15, 0.2) is 30.3 Å². The van der Waals surface area contributed by atoms with Crippen LogP contribution < -0.4 is 19.7 Å². The second-order valence-electron chi connectivity index (χ2n) is 7.03. The standard InChI is InChI=1S/C21H23ClN2O3/c1-14-5-6-18-15(10-14)4-2-7-24(18)13-21(25)23-17-12-20-19(11-16(17)22)26-8-3-9-27-20/h5-6,10-12H,2-4,7-9,13H2,1H3,(H,23,25). The van der Waals surface area contributed by atoms with Crippen molar-refractivity contribution in [2.75, 3.05) is 36.5 Å². The predicted octanol–water partition coefficient (Wildman–Crippen LogP) is 4.20. The number of nitrogens with zero attached hydrogens (tertiary/aromatic N) is 1. The van der Waals surface area contributed by atoms with E-state index < -0.39 is 0 Å². The fourth-order valence-corrected chi connectivity index (χ4v) is 3.81. The van der Waals surface area contributed by atoms with E-state index >= 15 is 0 Å². The van der Waals surface area contributed by atoms with Gasteiger partial charge in [-0.1, -0.05) is 29.3 Å². The van der Waals surface area contributed by atoms with Crippen LogP contribution in [0.2, 0.25) is 5.02 Å². The molecule has 0 atom stereocenters. The van der Waals surface area contributed by atoms with Gasteiger partial charge in [0.1, 0.15) is 0 Å². The number of anilines is 2. The van der Waals surface area contributed by atoms with Crippen molar-refractivity contribution < 1.29 is 14.3 Å². The molecule has 0 radical (unpaired) electrons. The zero-order valence-electron chi connectivity index (χ0n) is 15.4. The highest BCUT2D eigenvalue weighted by Crippen LogP contribution is 2.37. The molecule has 0 aromatic heterocycles. The number of fused-ring (bicyclic) bond motifs is 2. The van der Waals surface area contributed by atoms with Crippen molar-refractivity contribution in [1.29, 1.82) is 0 Å². The lowest BCUT2D eigenvalue weighted by atomic mass is 9.99. The van der Waals surface area contributed by atoms with Crippen LogP contribution in [0.25, 0.3) is 0 Å². The van der Waals surface area contributed by atoms with Crippen LogP contribution in [0.1, 0.15) is 24.0 Å². The number of rotatable bonds is 3. The number of carbonyl (C=O) groups excluding carboxylic acids is 1. The van der Waals surface area contributed by atoms with Crippen molar-refractivity contribution in [2.24, 2.45) is 0 Å². The highest BCUT2D eigenvalue weighted by atomic mass is 35.5. The van der Waals surface area contributed by atoms with Crippen molar-refractivity contribution in [1.82, 2.24) is 0 Å². The monoisotopic (exact) mass is 386 g/mol. The topological polar surface area (TPSA) is 50.8 Å². The number of nitrogens with one attached hydrogen (secondary N) is 1. The molecule has 0 saturated carbocycles. The van der Waals surface area contributed by atoms with E-state index in [9.17, 15) is 4.79 Å². The zero-order valence-corrected chi connectivity index (χ0v) is 16.1. The van der Waals surface area contributed by atoms with Gasteiger partial charge in [0.2, 0.25) is 5.91 Å². The molecule has 6 heteroatoms. The molecule has 0 unspecified atom stereocenters. The first-order valence-corrected chi connectivity index (χ1v) is 9.71. The minimum Gasteiger partial charge on any atom is -0.490 e. The molecule has 0 bridgehead atoms. The summed E-state index contributed by atoms with van der Waals surface area (Å²) in [6.07, 6.45) is 2.93. The van der Waals surface area contributed by atoms with E-state index in [2.05, 4.69) is 35.3 Å². The molecule has 2 aliphatic heterocycles. The van der Waals surface area contributed by atoms with Crippen LogP contribution in [0, 0.1) is 6.92 Å². The molecule has 5 nitrogen and oxygen atoms in total. The Morgan fingerprint density at radius 2 is 1.93 bits per heavy atom. The van der Waals surface area contributed by atoms with Gasteiger partial charge in [0.25, 0.3) is 0 Å². The van der Waals surface area contributed by atoms with Crippen LogP contribution >= 0.6 is 11.6 Å². The smallest absolute Gasteiger partial charge is 0.243 e. The van der Waals surface area contributed by atoms with Crippen LogP contribution in [-0.4, -0.2) is 32.2 Å². The summed E-state index contributed by atoms with van der Waals surface area (Å²) in [6, 6.07) is 9.86. The van der Waals surface area contributed by atoms with Gasteiger partial charge in [-0.25, -0.2) is 0 Å². The van der Waals surface area contributed by atoms with Crippen molar-refractivity contribution in [3.63, 3.8) is 0 Å². The van der Waals surface area contributed by atoms with Crippen molar-refractivity contribution in [3.05, 3.63) is 46.5 Å². The summed E-state index contributed by atoms with van der Waals surface area (Å²) in [6.45, 7) is 4.45. The first kappa shape index (κ1) is 18.0. The Bertz CT molecular complexity index is 869. The molecule has 0 fully saturated rings. The Labute approximate surface area is 164 Å². The summed E-state index contributed by atoms with van der Waals surface area (Å²) in [5.74, 6) is 1.14. The van der Waals surface area contributed by atoms with Gasteiger partial charge in [-0.05, 0) is 31.4 Å². The summed E-state index contributed by atoms with van der Waals surface area (Å²) in [5, 5.41) is 3.37. The van der Waals surface area contributed by atoms with Gasteiger partial charge in [0.15, 0.2) is 11.5 Å². The maximum absolute atomic E-state index is 12.7. The van der Waals surface area contributed by atoms with Gasteiger partial charge in [-0.3, -0.25) is 4.79 Å². The molecule has 0 spiro atoms. The van der Waals surface area contributed by atoms with Gasteiger partial charge >= 0.3 is 0 Å². The van der Waals surface area contributed by atoms with E-state index in [0.717, 1.165) is 31.5 Å². The molecular weight excluding hydrogens is 364 g/mol. The van der Waals surface area contributed by atoms with Crippen molar-refractivity contribution >= 4 is 28.9 Å². The average molecular weight is 387 g/mol. The van der Waals surface area contributed by atoms with E-state index in [1.807, 2.05) is 0 Å². The lowest BCUT2D eigenvalue weighted by Gasteiger charge is -2.31. The Balaban J connectivity index is 1.48. The molecule has 2 aromatic carbocycles. The number of hydrogen-bond acceptors (Lipinski definition) is 4. The summed E-state index contributed by atoms with van der Waals surface area (Å²) < 4.78 is 11.3. The molecule has 2 aliphatic rings. The predicted molar refractivity (Wildman–Crippen MR) is 107 cm³/mol. The zero-order chi connectivity index (χ0) is 18.8. The molecule has 27 heavy (non-hydrogen) atoms. The Morgan fingerprint density at radius 3 is 2.74 bits per heavy atom. The van der Waals surface area contributed by atoms with Gasteiger partial charge in [-0.2, -0.15) is 0 Å². The molecule has 1 N–H and O–H groups in total. The average Bonchev–Trinajstić information content (AvgIpc) is 2.87. The SMILES string of the molecule is Cc1ccc2c(c1)CCCN2CC(=O)Nc1cc2c(cc1Cl)OCCCO2. The number of hydrogen-bond donors (Lipinski definition) is 1. The largest absolute Gasteiger partial charge is 0.490 e. The highest BCUT2D eigenvalue weighted by Gasteiger charge is 2.20. The number of halogens is 1. The lowest BCUT2D eigenvalue weighted by molar-refractivity contribution is -0.115. The third kappa shape index (κ3) is 3.98. The third-order valence-corrected chi connectivity index (χ3v) is 5.21. The van der Waals surface area contributed by atoms with Gasteiger partial charge in [0, 0.05) is 30.8 Å². The maximum atomic E-state index is 12.7. The molecule has 2 heterocycles. The minimum atomic E-state index is -0.0974. The fraction of sp³-hybridized carbons (Fsp3) is 0.381. The molecule has 2 aromatic rings. The van der Waals surface area contributed by atoms with E-state index in [-0.39, 0.29) is 5.91 Å². The normalized spacial score (nSPS) is 15.7. The molecule has 0 saturated heterocycles. The molecule has 142 valence electrons. The van der Waals surface area contributed by atoms with Crippen LogP contribution in [0.3, 0.4) is 0 Å². The molecule has 0 aliphatic carbocycles. The molecule has 4 rings (SSSR count). The summed E-state index contributed by atoms with van der Waals surface area (Å²) in [5.41, 5.74) is 4.25. The second-order valence-corrected chi connectivity index (χ2v) is 7.44. The van der Waals surface area contributed by atoms with E-state index in [1.165, 1.54) is 11.1 Å². The summed E-state index contributed by atoms with van der Waals surface area (Å²) in [4.78, 5) is 14.8. The minimum absolute atomic E-state index is 0.0974. The van der Waals surface area contributed by atoms with Crippen LogP contribution in [0.4, 0.5) is 11.4 Å². The van der Waals surface area contributed by atoms with Gasteiger partial charge < -0.3 is 19.7 Å². The number of ether oxygens (including phenoxy) is 2. The summed E-state index contributed by atoms with van der Waals surface area (Å²) >= 11 is 6.34. The second kappa shape index (κ2) is 7.69. The Kier molecular flexibility index (Phi) is 5.12. The highest BCUT2D eigenvalue weighted by molar-refractivity contribution is 6.34. The quantitative estimate of drug-likeness (QED) is 0.858. The first-order chi connectivity index (χ1) is 13.1. The number of benzene rings is 2. The third-order valence-electron chi connectivity index (χ3n) is 4.90. The van der Waals surface area contributed by atoms with E-state index in [0.29, 0.717) is 42.0 Å². The van der Waals surface area contributed by atoms with Crippen molar-refractivity contribution in [2.45, 2.75) is 26.2 Å². The maximum Gasteiger partial charge on any atom is 0.243 e. The van der Waals surface area contributed by atoms with Crippen molar-refractivity contribution in [3.8, 4) is 11.5 Å². The fourth-order valence-electron chi connectivity index (χ4n) is 3.61. The Morgan fingerprint density at radius 1 is 1.15 bits per heavy atom. The van der Waals surface area contributed by atoms with Gasteiger partial charge in [-0.15, -0.1) is 0 Å². The number of carbonyl (C=O) groups is 1. The van der Waals surface area contributed by atoms with Crippen LogP contribution in [0.5, 0.6) is 11.5 Å². The Hall–Kier alpha value is -2.40. The van der Waals surface area contributed by atoms with Crippen LogP contribution in [-0.2, 0) is 11.2 Å². The molecular formula is C21H23ClN2O3. The van der Waals surface area contributed by atoms with E-state index in [4.69, 9.17) is 21.1 Å². The van der Waals surface area contributed by atoms with E-state index in [1.54, 1.807) is 12.1 Å². The summed E-state index contributed by atoms with van der Waals surface area (Å²) in [7, 11) is 0. The van der Waals surface area contributed by atoms with Gasteiger partial charge in [0.05, 0.1) is 30.5 Å². The first-order valence-electron chi connectivity index (χ1n) is 9.33. The lowest BCUT2D eigenvalue weighted by Crippen LogP contribution is -2.36. The number of aryl methyl sites for hydroxylation is 2.